The predicted octanol–water partition coefficient (Wildman–Crippen LogP) is 7.10. The van der Waals surface area contributed by atoms with Crippen LogP contribution in [0.25, 0.3) is 0 Å². The van der Waals surface area contributed by atoms with Crippen molar-refractivity contribution in [3.05, 3.63) is 12.2 Å². The molecule has 3 aliphatic carbocycles. The van der Waals surface area contributed by atoms with Gasteiger partial charge in [0.1, 0.15) is 0 Å². The van der Waals surface area contributed by atoms with Gasteiger partial charge in [0, 0.05) is 0 Å². The normalized spacial score (nSPS) is 44.2. The quantitative estimate of drug-likeness (QED) is 0.474. The third-order valence-corrected chi connectivity index (χ3v) is 8.22. The second-order valence-electron chi connectivity index (χ2n) is 9.99. The van der Waals surface area contributed by atoms with Gasteiger partial charge in [0.2, 0.25) is 0 Å². The van der Waals surface area contributed by atoms with Gasteiger partial charge in [-0.15, -0.1) is 0 Å². The molecule has 0 aromatic carbocycles. The van der Waals surface area contributed by atoms with Gasteiger partial charge >= 0.3 is 0 Å². The fourth-order valence-corrected chi connectivity index (χ4v) is 6.93. The lowest BCUT2D eigenvalue weighted by molar-refractivity contribution is -0.0168. The molecule has 0 saturated heterocycles. The van der Waals surface area contributed by atoms with Crippen LogP contribution in [-0.4, -0.2) is 0 Å². The lowest BCUT2D eigenvalue weighted by Crippen LogP contribution is -2.44. The van der Waals surface area contributed by atoms with Crippen molar-refractivity contribution in [1.82, 2.24) is 0 Å². The molecule has 3 rings (SSSR count). The van der Waals surface area contributed by atoms with Gasteiger partial charge in [-0.25, -0.2) is 0 Å². The van der Waals surface area contributed by atoms with Crippen molar-refractivity contribution >= 4 is 0 Å². The molecule has 2 fully saturated rings. The summed E-state index contributed by atoms with van der Waals surface area (Å²) in [6.07, 6.45) is 16.8. The van der Waals surface area contributed by atoms with Crippen molar-refractivity contribution in [1.29, 1.82) is 0 Å². The van der Waals surface area contributed by atoms with Gasteiger partial charge < -0.3 is 0 Å². The summed E-state index contributed by atoms with van der Waals surface area (Å²) in [6.45, 7) is 12.5. The van der Waals surface area contributed by atoms with Crippen LogP contribution in [0.4, 0.5) is 0 Å². The molecule has 0 bridgehead atoms. The van der Waals surface area contributed by atoms with E-state index in [2.05, 4.69) is 46.8 Å². The van der Waals surface area contributed by atoms with E-state index in [0.29, 0.717) is 5.41 Å². The van der Waals surface area contributed by atoms with E-state index in [1.165, 1.54) is 51.4 Å². The molecule has 1 unspecified atom stereocenters. The summed E-state index contributed by atoms with van der Waals surface area (Å²) in [5.41, 5.74) is 0.656. The molecular weight excluding hydrogens is 276 g/mol. The maximum atomic E-state index is 2.69. The molecule has 7 atom stereocenters. The SMILES string of the molecule is CC(C)CCC[C@@H](C)[C@H]1CC[C@H]2[C@@H]3CC=C[C@@H](C)C3CC[C@]12C. The second-order valence-corrected chi connectivity index (χ2v) is 9.99. The number of fused-ring (bicyclic) bond motifs is 3. The zero-order valence-corrected chi connectivity index (χ0v) is 16.4. The molecule has 0 spiro atoms. The molecule has 23 heavy (non-hydrogen) atoms. The highest BCUT2D eigenvalue weighted by Gasteiger charge is 2.55. The fraction of sp³-hybridized carbons (Fsp3) is 0.913. The fourth-order valence-electron chi connectivity index (χ4n) is 6.93. The van der Waals surface area contributed by atoms with Gasteiger partial charge in [-0.1, -0.05) is 66.0 Å². The minimum absolute atomic E-state index is 0.656. The van der Waals surface area contributed by atoms with Crippen LogP contribution in [0.1, 0.15) is 86.0 Å². The van der Waals surface area contributed by atoms with Crippen LogP contribution >= 0.6 is 0 Å². The Labute approximate surface area is 145 Å². The predicted molar refractivity (Wildman–Crippen MR) is 101 cm³/mol. The maximum absolute atomic E-state index is 2.69. The van der Waals surface area contributed by atoms with Crippen molar-refractivity contribution in [2.45, 2.75) is 86.0 Å². The molecule has 0 aliphatic heterocycles. The lowest BCUT2D eigenvalue weighted by Gasteiger charge is -2.52. The molecule has 0 heterocycles. The van der Waals surface area contributed by atoms with E-state index in [9.17, 15) is 0 Å². The van der Waals surface area contributed by atoms with Crippen LogP contribution in [0, 0.1) is 46.8 Å². The van der Waals surface area contributed by atoms with Crippen molar-refractivity contribution < 1.29 is 0 Å². The molecule has 0 amide bonds. The smallest absolute Gasteiger partial charge is 0.0231 e. The summed E-state index contributed by atoms with van der Waals surface area (Å²) >= 11 is 0. The largest absolute Gasteiger partial charge is 0.0880 e. The molecular formula is C23H40. The number of allylic oxidation sites excluding steroid dienone is 2. The second kappa shape index (κ2) is 6.93. The summed E-state index contributed by atoms with van der Waals surface area (Å²) in [7, 11) is 0. The van der Waals surface area contributed by atoms with Crippen molar-refractivity contribution in [3.8, 4) is 0 Å². The number of hydrogen-bond acceptors (Lipinski definition) is 0. The first-order valence-corrected chi connectivity index (χ1v) is 10.6. The minimum Gasteiger partial charge on any atom is -0.0880 e. The summed E-state index contributed by atoms with van der Waals surface area (Å²) in [5.74, 6) is 6.67. The Morgan fingerprint density at radius 3 is 2.57 bits per heavy atom. The molecule has 2 saturated carbocycles. The number of rotatable bonds is 5. The molecule has 132 valence electrons. The zero-order chi connectivity index (χ0) is 16.6. The van der Waals surface area contributed by atoms with E-state index in [1.54, 1.807) is 0 Å². The van der Waals surface area contributed by atoms with Crippen LogP contribution in [0.5, 0.6) is 0 Å². The first kappa shape index (κ1) is 17.6. The average molecular weight is 317 g/mol. The van der Waals surface area contributed by atoms with Crippen molar-refractivity contribution in [2.75, 3.05) is 0 Å². The molecule has 0 aromatic heterocycles. The third kappa shape index (κ3) is 3.29. The average Bonchev–Trinajstić information content (AvgIpc) is 2.84. The lowest BCUT2D eigenvalue weighted by atomic mass is 9.53. The van der Waals surface area contributed by atoms with Gasteiger partial charge in [-0.05, 0) is 78.9 Å². The van der Waals surface area contributed by atoms with E-state index in [-0.39, 0.29) is 0 Å². The highest BCUT2D eigenvalue weighted by molar-refractivity contribution is 5.09. The van der Waals surface area contributed by atoms with Crippen LogP contribution in [0.15, 0.2) is 12.2 Å². The minimum atomic E-state index is 0.656. The Bertz CT molecular complexity index is 420. The molecule has 0 nitrogen and oxygen atoms in total. The summed E-state index contributed by atoms with van der Waals surface area (Å²) in [5, 5.41) is 0. The van der Waals surface area contributed by atoms with E-state index in [1.807, 2.05) is 0 Å². The highest BCUT2D eigenvalue weighted by Crippen LogP contribution is 2.63. The van der Waals surface area contributed by atoms with Gasteiger partial charge in [0.05, 0.1) is 0 Å². The molecule has 0 aromatic rings. The van der Waals surface area contributed by atoms with Crippen LogP contribution < -0.4 is 0 Å². The van der Waals surface area contributed by atoms with Gasteiger partial charge in [-0.3, -0.25) is 0 Å². The number of hydrogen-bond donors (Lipinski definition) is 0. The zero-order valence-electron chi connectivity index (χ0n) is 16.4. The Morgan fingerprint density at radius 2 is 1.83 bits per heavy atom. The standard InChI is InChI=1S/C23H40/c1-16(2)8-6-10-18(4)21-12-13-22-20-11-7-9-17(3)19(20)14-15-23(21,22)5/h7,9,16-22H,6,8,10-15H2,1-5H3/t17-,18-,19?,20-,21-,22+,23-/m1/s1. The van der Waals surface area contributed by atoms with Crippen molar-refractivity contribution in [3.63, 3.8) is 0 Å². The van der Waals surface area contributed by atoms with Crippen LogP contribution in [-0.2, 0) is 0 Å². The topological polar surface area (TPSA) is 0 Å². The van der Waals surface area contributed by atoms with Crippen LogP contribution in [0.3, 0.4) is 0 Å². The summed E-state index contributed by atoms with van der Waals surface area (Å²) < 4.78 is 0. The molecule has 0 heteroatoms. The molecule has 0 N–H and O–H groups in total. The van der Waals surface area contributed by atoms with E-state index < -0.39 is 0 Å². The monoisotopic (exact) mass is 316 g/mol. The Balaban J connectivity index is 1.66. The van der Waals surface area contributed by atoms with E-state index >= 15 is 0 Å². The van der Waals surface area contributed by atoms with Gasteiger partial charge in [0.25, 0.3) is 0 Å². The first-order chi connectivity index (χ1) is 10.9. The summed E-state index contributed by atoms with van der Waals surface area (Å²) in [4.78, 5) is 0. The maximum Gasteiger partial charge on any atom is -0.0231 e. The highest BCUT2D eigenvalue weighted by atomic mass is 14.6. The summed E-state index contributed by atoms with van der Waals surface area (Å²) in [6, 6.07) is 0. The van der Waals surface area contributed by atoms with E-state index in [4.69, 9.17) is 0 Å². The van der Waals surface area contributed by atoms with Crippen molar-refractivity contribution in [2.24, 2.45) is 46.8 Å². The van der Waals surface area contributed by atoms with E-state index in [0.717, 1.165) is 41.4 Å². The van der Waals surface area contributed by atoms with Gasteiger partial charge in [0.15, 0.2) is 0 Å². The molecule has 3 aliphatic rings. The first-order valence-electron chi connectivity index (χ1n) is 10.6. The van der Waals surface area contributed by atoms with Gasteiger partial charge in [-0.2, -0.15) is 0 Å². The Kier molecular flexibility index (Phi) is 5.29. The third-order valence-electron chi connectivity index (χ3n) is 8.22. The molecule has 0 radical (unpaired) electrons. The van der Waals surface area contributed by atoms with Crippen LogP contribution in [0.2, 0.25) is 0 Å². The Morgan fingerprint density at radius 1 is 1.04 bits per heavy atom. The Hall–Kier alpha value is -0.260.